The first-order valence-corrected chi connectivity index (χ1v) is 6.67. The molecule has 0 aromatic carbocycles. The van der Waals surface area contributed by atoms with Crippen LogP contribution in [0, 0.1) is 5.41 Å². The van der Waals surface area contributed by atoms with E-state index in [-0.39, 0.29) is 27.6 Å². The number of nitrogens with two attached hydrogens (primary N) is 1. The summed E-state index contributed by atoms with van der Waals surface area (Å²) in [5, 5.41) is 2.68. The molecular formula is C13H27N3O3. The number of piperidine rings is 1. The lowest BCUT2D eigenvalue weighted by atomic mass is 9.93. The highest BCUT2D eigenvalue weighted by Gasteiger charge is 2.25. The molecule has 0 atom stereocenters. The van der Waals surface area contributed by atoms with Gasteiger partial charge in [-0.15, -0.1) is 0 Å². The van der Waals surface area contributed by atoms with Gasteiger partial charge in [-0.1, -0.05) is 0 Å². The van der Waals surface area contributed by atoms with E-state index in [0.29, 0.717) is 13.0 Å². The zero-order chi connectivity index (χ0) is 14.5. The second-order valence-electron chi connectivity index (χ2n) is 5.61. The van der Waals surface area contributed by atoms with Crippen LogP contribution in [-0.2, 0) is 14.4 Å². The van der Waals surface area contributed by atoms with Crippen LogP contribution in [0.15, 0.2) is 0 Å². The fourth-order valence-corrected chi connectivity index (χ4v) is 1.83. The third-order valence-electron chi connectivity index (χ3n) is 3.42. The van der Waals surface area contributed by atoms with Crippen LogP contribution in [-0.4, -0.2) is 42.3 Å². The van der Waals surface area contributed by atoms with Crippen LogP contribution in [0.2, 0.25) is 0 Å². The lowest BCUT2D eigenvalue weighted by Crippen LogP contribution is -2.43. The van der Waals surface area contributed by atoms with Crippen LogP contribution in [0.1, 0.15) is 42.4 Å². The molecule has 0 saturated carbocycles. The van der Waals surface area contributed by atoms with E-state index in [1.807, 2.05) is 0 Å². The molecule has 0 bridgehead atoms. The predicted octanol–water partition coefficient (Wildman–Crippen LogP) is 0.509. The fraction of sp³-hybridized carbons (Fsp3) is 0.769. The Morgan fingerprint density at radius 1 is 1.42 bits per heavy atom. The van der Waals surface area contributed by atoms with Crippen molar-refractivity contribution in [2.75, 3.05) is 19.6 Å². The molecule has 1 heterocycles. The maximum Gasteiger partial charge on any atom is 0.224 e. The fourth-order valence-electron chi connectivity index (χ4n) is 1.83. The first-order valence-electron chi connectivity index (χ1n) is 6.67. The summed E-state index contributed by atoms with van der Waals surface area (Å²) in [6.07, 6.45) is 2.79. The quantitative estimate of drug-likeness (QED) is 0.738. The molecule has 0 aromatic rings. The topological polar surface area (TPSA) is 92.5 Å². The Morgan fingerprint density at radius 2 is 2.11 bits per heavy atom. The molecular weight excluding hydrogens is 246 g/mol. The van der Waals surface area contributed by atoms with Gasteiger partial charge in [0, 0.05) is 35.3 Å². The van der Waals surface area contributed by atoms with Crippen molar-refractivity contribution in [1.29, 1.82) is 0 Å². The number of nitrogens with one attached hydrogen (secondary N) is 1. The highest BCUT2D eigenvalue weighted by Crippen LogP contribution is 2.12. The summed E-state index contributed by atoms with van der Waals surface area (Å²) in [7, 11) is 0. The summed E-state index contributed by atoms with van der Waals surface area (Å²) in [6, 6.07) is 0. The van der Waals surface area contributed by atoms with Gasteiger partial charge in [0.2, 0.25) is 17.7 Å². The van der Waals surface area contributed by atoms with Gasteiger partial charge in [0.25, 0.3) is 0 Å². The second kappa shape index (κ2) is 6.54. The number of hydrogen-bond donors (Lipinski definition) is 2. The molecule has 19 heavy (non-hydrogen) atoms. The van der Waals surface area contributed by atoms with Crippen molar-refractivity contribution in [2.45, 2.75) is 39.5 Å². The zero-order valence-corrected chi connectivity index (χ0v) is 11.7. The average Bonchev–Trinajstić information content (AvgIpc) is 2.35. The monoisotopic (exact) mass is 273 g/mol. The lowest BCUT2D eigenvalue weighted by molar-refractivity contribution is -0.133. The van der Waals surface area contributed by atoms with E-state index in [0.717, 1.165) is 19.4 Å². The summed E-state index contributed by atoms with van der Waals surface area (Å²) in [4.78, 5) is 36.0. The Morgan fingerprint density at radius 3 is 2.68 bits per heavy atom. The summed E-state index contributed by atoms with van der Waals surface area (Å²) in [5.74, 6) is -0.483. The molecule has 1 rings (SSSR count). The van der Waals surface area contributed by atoms with Crippen molar-refractivity contribution in [3.63, 3.8) is 0 Å². The van der Waals surface area contributed by atoms with Gasteiger partial charge in [0.05, 0.1) is 5.41 Å². The predicted molar refractivity (Wildman–Crippen MR) is 75.3 cm³/mol. The zero-order valence-electron chi connectivity index (χ0n) is 11.7. The van der Waals surface area contributed by atoms with Gasteiger partial charge in [0.15, 0.2) is 0 Å². The molecule has 6 heteroatoms. The number of carbonyl (C=O) groups is 3. The van der Waals surface area contributed by atoms with Crippen molar-refractivity contribution in [3.05, 3.63) is 0 Å². The van der Waals surface area contributed by atoms with Gasteiger partial charge in [-0.2, -0.15) is 0 Å². The van der Waals surface area contributed by atoms with E-state index < -0.39 is 11.3 Å². The van der Waals surface area contributed by atoms with E-state index in [2.05, 4.69) is 5.32 Å². The minimum atomic E-state index is -0.753. The van der Waals surface area contributed by atoms with Crippen LogP contribution in [0.3, 0.4) is 0 Å². The Bertz CT molecular complexity index is 376. The average molecular weight is 273 g/mol. The lowest BCUT2D eigenvalue weighted by Gasteiger charge is -2.26. The Labute approximate surface area is 116 Å². The highest BCUT2D eigenvalue weighted by molar-refractivity contribution is 5.82. The first-order chi connectivity index (χ1) is 8.83. The SMILES string of the molecule is CC(C)(CNC(=O)CCN1CCCCC1=O)C(N)=O.[HH].[HH]. The van der Waals surface area contributed by atoms with E-state index in [9.17, 15) is 14.4 Å². The molecule has 0 aromatic heterocycles. The summed E-state index contributed by atoms with van der Waals surface area (Å²) in [5.41, 5.74) is 4.47. The van der Waals surface area contributed by atoms with Crippen molar-refractivity contribution >= 4 is 17.7 Å². The van der Waals surface area contributed by atoms with Crippen LogP contribution < -0.4 is 11.1 Å². The van der Waals surface area contributed by atoms with Gasteiger partial charge < -0.3 is 16.0 Å². The van der Waals surface area contributed by atoms with E-state index in [1.165, 1.54) is 0 Å². The van der Waals surface area contributed by atoms with E-state index in [4.69, 9.17) is 5.73 Å². The Kier molecular flexibility index (Phi) is 5.32. The molecule has 3 N–H and O–H groups in total. The number of rotatable bonds is 6. The number of carbonyl (C=O) groups excluding carboxylic acids is 3. The van der Waals surface area contributed by atoms with E-state index in [1.54, 1.807) is 18.7 Å². The number of nitrogens with zero attached hydrogens (tertiary/aromatic N) is 1. The molecule has 0 spiro atoms. The van der Waals surface area contributed by atoms with Crippen molar-refractivity contribution in [2.24, 2.45) is 11.1 Å². The van der Waals surface area contributed by atoms with Gasteiger partial charge >= 0.3 is 0 Å². The molecule has 1 aliphatic rings. The molecule has 3 amide bonds. The molecule has 6 nitrogen and oxygen atoms in total. The summed E-state index contributed by atoms with van der Waals surface area (Å²) < 4.78 is 0. The highest BCUT2D eigenvalue weighted by atomic mass is 16.2. The Hall–Kier alpha value is -1.59. The van der Waals surface area contributed by atoms with Gasteiger partial charge in [-0.25, -0.2) is 0 Å². The Balaban J connectivity index is 0. The maximum absolute atomic E-state index is 11.7. The van der Waals surface area contributed by atoms with Crippen LogP contribution >= 0.6 is 0 Å². The first kappa shape index (κ1) is 15.5. The smallest absolute Gasteiger partial charge is 0.224 e. The van der Waals surface area contributed by atoms with Crippen LogP contribution in [0.4, 0.5) is 0 Å². The van der Waals surface area contributed by atoms with Crippen LogP contribution in [0.25, 0.3) is 0 Å². The number of primary amides is 1. The minimum absolute atomic E-state index is 0. The summed E-state index contributed by atoms with van der Waals surface area (Å²) >= 11 is 0. The largest absolute Gasteiger partial charge is 0.369 e. The second-order valence-corrected chi connectivity index (χ2v) is 5.61. The molecule has 1 saturated heterocycles. The van der Waals surface area contributed by atoms with Gasteiger partial charge in [0.1, 0.15) is 0 Å². The molecule has 1 aliphatic heterocycles. The van der Waals surface area contributed by atoms with Crippen molar-refractivity contribution in [1.82, 2.24) is 10.2 Å². The van der Waals surface area contributed by atoms with Gasteiger partial charge in [-0.05, 0) is 26.7 Å². The number of hydrogen-bond acceptors (Lipinski definition) is 3. The maximum atomic E-state index is 11.7. The third kappa shape index (κ3) is 4.89. The third-order valence-corrected chi connectivity index (χ3v) is 3.42. The summed E-state index contributed by atoms with van der Waals surface area (Å²) in [6.45, 7) is 4.77. The molecule has 0 unspecified atom stereocenters. The number of likely N-dealkylation sites (tertiary alicyclic amines) is 1. The molecule has 0 radical (unpaired) electrons. The van der Waals surface area contributed by atoms with Gasteiger partial charge in [-0.3, -0.25) is 14.4 Å². The normalized spacial score (nSPS) is 16.3. The number of amides is 3. The molecule has 0 aliphatic carbocycles. The van der Waals surface area contributed by atoms with Crippen molar-refractivity contribution < 1.29 is 17.2 Å². The van der Waals surface area contributed by atoms with Crippen molar-refractivity contribution in [3.8, 4) is 0 Å². The van der Waals surface area contributed by atoms with Crippen LogP contribution in [0.5, 0.6) is 0 Å². The minimum Gasteiger partial charge on any atom is -0.369 e. The van der Waals surface area contributed by atoms with E-state index >= 15 is 0 Å². The molecule has 112 valence electrons. The molecule has 1 fully saturated rings. The standard InChI is InChI=1S/C13H23N3O3.2H2/c1-13(2,12(14)19)9-15-10(17)6-8-16-7-4-3-5-11(16)18;;/h3-9H2,1-2H3,(H2,14,19)(H,15,17);2*1H.